The van der Waals surface area contributed by atoms with Gasteiger partial charge in [-0.15, -0.1) is 10.2 Å². The minimum atomic E-state index is -0.0483. The summed E-state index contributed by atoms with van der Waals surface area (Å²) in [5.41, 5.74) is 6.23. The fourth-order valence-electron chi connectivity index (χ4n) is 3.99. The Bertz CT molecular complexity index is 1110. The zero-order valence-corrected chi connectivity index (χ0v) is 19.1. The van der Waals surface area contributed by atoms with Gasteiger partial charge in [-0.1, -0.05) is 6.07 Å². The summed E-state index contributed by atoms with van der Waals surface area (Å²) in [5.74, 6) is 1.18. The summed E-state index contributed by atoms with van der Waals surface area (Å²) in [6.45, 7) is 11.3. The van der Waals surface area contributed by atoms with Gasteiger partial charge in [0.1, 0.15) is 5.56 Å². The molecule has 0 N–H and O–H groups in total. The molecule has 3 heterocycles. The van der Waals surface area contributed by atoms with Crippen LogP contribution in [0.4, 0.5) is 5.82 Å². The van der Waals surface area contributed by atoms with E-state index in [1.807, 2.05) is 24.0 Å². The molecule has 0 aliphatic carbocycles. The molecule has 3 aromatic rings. The highest BCUT2D eigenvalue weighted by molar-refractivity contribution is 5.96. The molecule has 7 nitrogen and oxygen atoms in total. The van der Waals surface area contributed by atoms with E-state index in [1.54, 1.807) is 18.3 Å². The topological polar surface area (TPSA) is 71.5 Å². The van der Waals surface area contributed by atoms with Gasteiger partial charge in [-0.25, -0.2) is 4.98 Å². The van der Waals surface area contributed by atoms with E-state index < -0.39 is 0 Å². The molecular formula is C25H29N5O2. The first-order valence-electron chi connectivity index (χ1n) is 11.0. The van der Waals surface area contributed by atoms with Crippen LogP contribution >= 0.6 is 0 Å². The van der Waals surface area contributed by atoms with Gasteiger partial charge in [-0.3, -0.25) is 4.79 Å². The summed E-state index contributed by atoms with van der Waals surface area (Å²) in [5, 5.41) is 8.97. The fourth-order valence-corrected chi connectivity index (χ4v) is 3.99. The molecule has 0 spiro atoms. The van der Waals surface area contributed by atoms with Crippen LogP contribution < -0.4 is 9.64 Å². The number of anilines is 1. The highest BCUT2D eigenvalue weighted by Gasteiger charge is 2.25. The molecule has 0 saturated carbocycles. The molecule has 4 rings (SSSR count). The third-order valence-corrected chi connectivity index (χ3v) is 5.94. The van der Waals surface area contributed by atoms with Gasteiger partial charge in [-0.2, -0.15) is 0 Å². The molecular weight excluding hydrogens is 402 g/mol. The summed E-state index contributed by atoms with van der Waals surface area (Å²) in [6, 6.07) is 11.9. The smallest absolute Gasteiger partial charge is 0.259 e. The molecule has 166 valence electrons. The number of rotatable bonds is 5. The Morgan fingerprint density at radius 1 is 0.969 bits per heavy atom. The first kappa shape index (κ1) is 21.7. The van der Waals surface area contributed by atoms with Crippen LogP contribution in [0.25, 0.3) is 11.3 Å². The summed E-state index contributed by atoms with van der Waals surface area (Å²) >= 11 is 0. The standard InChI is InChI=1S/C25H29N5O2/c1-5-32-24-20(7-6-10-26-24)25(31)30-13-11-29(12-14-30)23-9-8-22(27-28-23)21-16-18(3)17(2)15-19(21)4/h6-10,15-16H,5,11-14H2,1-4H3. The summed E-state index contributed by atoms with van der Waals surface area (Å²) in [4.78, 5) is 21.2. The van der Waals surface area contributed by atoms with Crippen molar-refractivity contribution in [2.45, 2.75) is 27.7 Å². The van der Waals surface area contributed by atoms with E-state index in [-0.39, 0.29) is 5.91 Å². The average molecular weight is 432 g/mol. The zero-order valence-electron chi connectivity index (χ0n) is 19.1. The number of hydrogen-bond acceptors (Lipinski definition) is 6. The molecule has 7 heteroatoms. The van der Waals surface area contributed by atoms with Gasteiger partial charge < -0.3 is 14.5 Å². The van der Waals surface area contributed by atoms with E-state index in [4.69, 9.17) is 4.74 Å². The molecule has 1 saturated heterocycles. The van der Waals surface area contributed by atoms with Crippen LogP contribution in [0.15, 0.2) is 42.6 Å². The van der Waals surface area contributed by atoms with Crippen molar-refractivity contribution in [2.75, 3.05) is 37.7 Å². The zero-order chi connectivity index (χ0) is 22.7. The number of hydrogen-bond donors (Lipinski definition) is 0. The number of amides is 1. The Morgan fingerprint density at radius 3 is 2.41 bits per heavy atom. The molecule has 1 aliphatic heterocycles. The number of aromatic nitrogens is 3. The van der Waals surface area contributed by atoms with Crippen molar-refractivity contribution in [3.63, 3.8) is 0 Å². The van der Waals surface area contributed by atoms with Crippen LogP contribution in [0.1, 0.15) is 34.0 Å². The van der Waals surface area contributed by atoms with Gasteiger partial charge in [0.15, 0.2) is 5.82 Å². The second-order valence-electron chi connectivity index (χ2n) is 8.10. The first-order chi connectivity index (χ1) is 15.5. The Kier molecular flexibility index (Phi) is 6.35. The number of carbonyl (C=O) groups excluding carboxylic acids is 1. The van der Waals surface area contributed by atoms with E-state index in [0.29, 0.717) is 44.2 Å². The maximum Gasteiger partial charge on any atom is 0.259 e. The quantitative estimate of drug-likeness (QED) is 0.612. The Morgan fingerprint density at radius 2 is 1.72 bits per heavy atom. The predicted molar refractivity (Wildman–Crippen MR) is 125 cm³/mol. The van der Waals surface area contributed by atoms with Crippen molar-refractivity contribution in [2.24, 2.45) is 0 Å². The Hall–Kier alpha value is -3.48. The number of piperazine rings is 1. The highest BCUT2D eigenvalue weighted by atomic mass is 16.5. The van der Waals surface area contributed by atoms with Crippen LogP contribution in [0.3, 0.4) is 0 Å². The van der Waals surface area contributed by atoms with Crippen LogP contribution in [0.2, 0.25) is 0 Å². The van der Waals surface area contributed by atoms with Crippen molar-refractivity contribution in [1.82, 2.24) is 20.1 Å². The maximum absolute atomic E-state index is 13.0. The van der Waals surface area contributed by atoms with Crippen molar-refractivity contribution >= 4 is 11.7 Å². The van der Waals surface area contributed by atoms with Crippen molar-refractivity contribution in [1.29, 1.82) is 0 Å². The fraction of sp³-hybridized carbons (Fsp3) is 0.360. The third kappa shape index (κ3) is 4.42. The van der Waals surface area contributed by atoms with Gasteiger partial charge >= 0.3 is 0 Å². The largest absolute Gasteiger partial charge is 0.477 e. The van der Waals surface area contributed by atoms with Gasteiger partial charge in [0.2, 0.25) is 5.88 Å². The number of ether oxygens (including phenoxy) is 1. The first-order valence-corrected chi connectivity index (χ1v) is 11.0. The molecule has 32 heavy (non-hydrogen) atoms. The SMILES string of the molecule is CCOc1ncccc1C(=O)N1CCN(c2ccc(-c3cc(C)c(C)cc3C)nn2)CC1. The monoisotopic (exact) mass is 431 g/mol. The molecule has 1 fully saturated rings. The Labute approximate surface area is 189 Å². The molecule has 0 atom stereocenters. The number of carbonyl (C=O) groups is 1. The average Bonchev–Trinajstić information content (AvgIpc) is 2.82. The lowest BCUT2D eigenvalue weighted by Crippen LogP contribution is -2.49. The van der Waals surface area contributed by atoms with E-state index in [9.17, 15) is 4.79 Å². The van der Waals surface area contributed by atoms with Gasteiger partial charge in [0, 0.05) is 37.9 Å². The van der Waals surface area contributed by atoms with Gasteiger partial charge in [-0.05, 0) is 74.7 Å². The summed E-state index contributed by atoms with van der Waals surface area (Å²) in [7, 11) is 0. The van der Waals surface area contributed by atoms with Crippen LogP contribution in [0.5, 0.6) is 5.88 Å². The van der Waals surface area contributed by atoms with E-state index in [1.165, 1.54) is 16.7 Å². The van der Waals surface area contributed by atoms with Crippen molar-refractivity contribution < 1.29 is 9.53 Å². The van der Waals surface area contributed by atoms with Crippen LogP contribution in [-0.2, 0) is 0 Å². The van der Waals surface area contributed by atoms with Crippen molar-refractivity contribution in [3.8, 4) is 17.1 Å². The highest BCUT2D eigenvalue weighted by Crippen LogP contribution is 2.26. The number of nitrogens with zero attached hydrogens (tertiary/aromatic N) is 5. The second-order valence-corrected chi connectivity index (χ2v) is 8.10. The lowest BCUT2D eigenvalue weighted by Gasteiger charge is -2.35. The van der Waals surface area contributed by atoms with Crippen molar-refractivity contribution in [3.05, 3.63) is 64.8 Å². The number of pyridine rings is 1. The van der Waals surface area contributed by atoms with Gasteiger partial charge in [0.25, 0.3) is 5.91 Å². The van der Waals surface area contributed by atoms with Gasteiger partial charge in [0.05, 0.1) is 12.3 Å². The minimum Gasteiger partial charge on any atom is -0.477 e. The molecule has 0 bridgehead atoms. The van der Waals surface area contributed by atoms with E-state index >= 15 is 0 Å². The Balaban J connectivity index is 1.43. The summed E-state index contributed by atoms with van der Waals surface area (Å²) < 4.78 is 5.52. The predicted octanol–water partition coefficient (Wildman–Crippen LogP) is 3.82. The normalized spacial score (nSPS) is 13.9. The molecule has 0 unspecified atom stereocenters. The summed E-state index contributed by atoms with van der Waals surface area (Å²) in [6.07, 6.45) is 1.64. The van der Waals surface area contributed by atoms with E-state index in [0.717, 1.165) is 17.1 Å². The maximum atomic E-state index is 13.0. The molecule has 1 amide bonds. The second kappa shape index (κ2) is 9.34. The minimum absolute atomic E-state index is 0.0483. The molecule has 1 aliphatic rings. The molecule has 0 radical (unpaired) electrons. The third-order valence-electron chi connectivity index (χ3n) is 5.94. The van der Waals surface area contributed by atoms with Crippen LogP contribution in [-0.4, -0.2) is 58.8 Å². The lowest BCUT2D eigenvalue weighted by molar-refractivity contribution is 0.0741. The molecule has 2 aromatic heterocycles. The molecule has 1 aromatic carbocycles. The van der Waals surface area contributed by atoms with E-state index in [2.05, 4.69) is 53.0 Å². The number of benzene rings is 1. The van der Waals surface area contributed by atoms with Crippen LogP contribution in [0, 0.1) is 20.8 Å². The lowest BCUT2D eigenvalue weighted by atomic mass is 9.99. The number of aryl methyl sites for hydroxylation is 3.